The van der Waals surface area contributed by atoms with Crippen molar-refractivity contribution < 1.29 is 0 Å². The minimum Gasteiger partial charge on any atom is -0.295 e. The number of hydrogen-bond acceptors (Lipinski definition) is 3. The molecule has 18 heavy (non-hydrogen) atoms. The minimum absolute atomic E-state index is 0.748. The molecule has 1 saturated heterocycles. The first-order chi connectivity index (χ1) is 8.88. The Morgan fingerprint density at radius 2 is 2.44 bits per heavy atom. The standard InChI is InChI=1S/C14H19N3S/c1-18-10-13-6-3-7-17(13)9-12-5-2-4-11-8-15-16-14(11)12/h2,4-5,8,13H,3,6-7,9-10H2,1H3,(H,15,16)/t13-/m1/s1. The van der Waals surface area contributed by atoms with Crippen LogP contribution in [0.3, 0.4) is 0 Å². The van der Waals surface area contributed by atoms with E-state index in [0.29, 0.717) is 0 Å². The van der Waals surface area contributed by atoms with Crippen LogP contribution in [0, 0.1) is 0 Å². The molecule has 1 aromatic carbocycles. The van der Waals surface area contributed by atoms with Gasteiger partial charge in [0.05, 0.1) is 11.7 Å². The van der Waals surface area contributed by atoms with Crippen LogP contribution in [-0.4, -0.2) is 39.7 Å². The van der Waals surface area contributed by atoms with Crippen molar-refractivity contribution in [3.63, 3.8) is 0 Å². The second-order valence-corrected chi connectivity index (χ2v) is 5.88. The quantitative estimate of drug-likeness (QED) is 0.918. The third kappa shape index (κ3) is 2.27. The van der Waals surface area contributed by atoms with Gasteiger partial charge in [0.2, 0.25) is 0 Å². The van der Waals surface area contributed by atoms with Crippen molar-refractivity contribution in [1.29, 1.82) is 0 Å². The van der Waals surface area contributed by atoms with Gasteiger partial charge in [0.1, 0.15) is 0 Å². The lowest BCUT2D eigenvalue weighted by atomic mass is 10.1. The van der Waals surface area contributed by atoms with E-state index in [0.717, 1.165) is 12.6 Å². The summed E-state index contributed by atoms with van der Waals surface area (Å²) in [7, 11) is 0. The van der Waals surface area contributed by atoms with Crippen LogP contribution in [0.15, 0.2) is 24.4 Å². The Bertz CT molecular complexity index is 522. The summed E-state index contributed by atoms with van der Waals surface area (Å²) in [5.74, 6) is 1.25. The number of rotatable bonds is 4. The smallest absolute Gasteiger partial charge is 0.0695 e. The molecule has 4 heteroatoms. The summed E-state index contributed by atoms with van der Waals surface area (Å²) in [5.41, 5.74) is 2.57. The van der Waals surface area contributed by atoms with Gasteiger partial charge in [-0.3, -0.25) is 10.00 Å². The maximum atomic E-state index is 4.14. The fourth-order valence-electron chi connectivity index (χ4n) is 2.87. The molecule has 1 aliphatic rings. The number of thioether (sulfide) groups is 1. The van der Waals surface area contributed by atoms with Crippen LogP contribution >= 0.6 is 11.8 Å². The van der Waals surface area contributed by atoms with Crippen LogP contribution in [-0.2, 0) is 6.54 Å². The average Bonchev–Trinajstić information content (AvgIpc) is 3.00. The monoisotopic (exact) mass is 261 g/mol. The number of aromatic amines is 1. The summed E-state index contributed by atoms with van der Waals surface area (Å²) in [6.45, 7) is 2.28. The van der Waals surface area contributed by atoms with Crippen LogP contribution < -0.4 is 0 Å². The molecule has 0 bridgehead atoms. The van der Waals surface area contributed by atoms with Crippen molar-refractivity contribution in [2.45, 2.75) is 25.4 Å². The zero-order chi connectivity index (χ0) is 12.4. The highest BCUT2D eigenvalue weighted by Gasteiger charge is 2.24. The number of hydrogen-bond donors (Lipinski definition) is 1. The van der Waals surface area contributed by atoms with Gasteiger partial charge in [-0.1, -0.05) is 18.2 Å². The molecule has 1 aromatic heterocycles. The Labute approximate surface area is 112 Å². The highest BCUT2D eigenvalue weighted by molar-refractivity contribution is 7.98. The molecule has 0 unspecified atom stereocenters. The fourth-order valence-corrected chi connectivity index (χ4v) is 3.63. The molecule has 3 nitrogen and oxygen atoms in total. The van der Waals surface area contributed by atoms with Gasteiger partial charge in [0, 0.05) is 23.7 Å². The largest absolute Gasteiger partial charge is 0.295 e. The van der Waals surface area contributed by atoms with Gasteiger partial charge in [-0.05, 0) is 31.2 Å². The molecule has 0 aliphatic carbocycles. The van der Waals surface area contributed by atoms with Crippen molar-refractivity contribution in [2.24, 2.45) is 0 Å². The summed E-state index contributed by atoms with van der Waals surface area (Å²) in [6.07, 6.45) is 6.79. The molecule has 1 fully saturated rings. The van der Waals surface area contributed by atoms with E-state index < -0.39 is 0 Å². The number of H-pyrrole nitrogens is 1. The van der Waals surface area contributed by atoms with Crippen molar-refractivity contribution >= 4 is 22.7 Å². The number of nitrogens with zero attached hydrogens (tertiary/aromatic N) is 2. The van der Waals surface area contributed by atoms with Crippen molar-refractivity contribution in [1.82, 2.24) is 15.1 Å². The molecule has 1 aliphatic heterocycles. The number of fused-ring (bicyclic) bond motifs is 1. The Balaban J connectivity index is 1.81. The summed E-state index contributed by atoms with van der Waals surface area (Å²) < 4.78 is 0. The molecule has 2 heterocycles. The van der Waals surface area contributed by atoms with Crippen molar-refractivity contribution in [3.05, 3.63) is 30.0 Å². The molecule has 96 valence electrons. The Morgan fingerprint density at radius 3 is 3.33 bits per heavy atom. The van der Waals surface area contributed by atoms with E-state index in [-0.39, 0.29) is 0 Å². The lowest BCUT2D eigenvalue weighted by molar-refractivity contribution is 0.265. The number of nitrogens with one attached hydrogen (secondary N) is 1. The van der Waals surface area contributed by atoms with Gasteiger partial charge in [-0.25, -0.2) is 0 Å². The predicted octanol–water partition coefficient (Wildman–Crippen LogP) is 2.89. The Morgan fingerprint density at radius 1 is 1.50 bits per heavy atom. The van der Waals surface area contributed by atoms with E-state index in [4.69, 9.17) is 0 Å². The Kier molecular flexibility index (Phi) is 3.57. The van der Waals surface area contributed by atoms with E-state index >= 15 is 0 Å². The number of para-hydroxylation sites is 1. The van der Waals surface area contributed by atoms with Crippen molar-refractivity contribution in [2.75, 3.05) is 18.6 Å². The topological polar surface area (TPSA) is 31.9 Å². The second-order valence-electron chi connectivity index (χ2n) is 4.97. The average molecular weight is 261 g/mol. The SMILES string of the molecule is CSC[C@H]1CCCN1Cc1cccc2cn[nH]c12. The summed E-state index contributed by atoms with van der Waals surface area (Å²) >= 11 is 1.96. The lowest BCUT2D eigenvalue weighted by Gasteiger charge is -2.24. The van der Waals surface area contributed by atoms with E-state index in [1.54, 1.807) is 0 Å². The summed E-state index contributed by atoms with van der Waals surface area (Å²) in [5, 5.41) is 8.49. The molecular formula is C14H19N3S. The van der Waals surface area contributed by atoms with Crippen molar-refractivity contribution in [3.8, 4) is 0 Å². The van der Waals surface area contributed by atoms with Gasteiger partial charge in [-0.2, -0.15) is 16.9 Å². The molecule has 0 spiro atoms. The first-order valence-electron chi connectivity index (χ1n) is 6.52. The van der Waals surface area contributed by atoms with E-state index in [9.17, 15) is 0 Å². The number of benzene rings is 1. The predicted molar refractivity (Wildman–Crippen MR) is 77.9 cm³/mol. The van der Waals surface area contributed by atoms with E-state index in [1.165, 1.54) is 41.6 Å². The zero-order valence-corrected chi connectivity index (χ0v) is 11.5. The fraction of sp³-hybridized carbons (Fsp3) is 0.500. The first kappa shape index (κ1) is 12.1. The molecule has 0 amide bonds. The molecule has 2 aromatic rings. The summed E-state index contributed by atoms with van der Waals surface area (Å²) in [6, 6.07) is 7.21. The molecular weight excluding hydrogens is 242 g/mol. The van der Waals surface area contributed by atoms with Gasteiger partial charge in [0.25, 0.3) is 0 Å². The molecule has 1 atom stereocenters. The Hall–Kier alpha value is -1.00. The maximum Gasteiger partial charge on any atom is 0.0695 e. The molecule has 1 N–H and O–H groups in total. The third-order valence-corrected chi connectivity index (χ3v) is 4.51. The van der Waals surface area contributed by atoms with Crippen LogP contribution in [0.25, 0.3) is 10.9 Å². The maximum absolute atomic E-state index is 4.14. The van der Waals surface area contributed by atoms with Crippen LogP contribution in [0.5, 0.6) is 0 Å². The van der Waals surface area contributed by atoms with Crippen LogP contribution in [0.4, 0.5) is 0 Å². The normalized spacial score (nSPS) is 20.8. The van der Waals surface area contributed by atoms with Crippen LogP contribution in [0.1, 0.15) is 18.4 Å². The highest BCUT2D eigenvalue weighted by atomic mass is 32.2. The zero-order valence-electron chi connectivity index (χ0n) is 10.7. The van der Waals surface area contributed by atoms with E-state index in [2.05, 4.69) is 39.6 Å². The molecule has 0 radical (unpaired) electrons. The lowest BCUT2D eigenvalue weighted by Crippen LogP contribution is -2.30. The first-order valence-corrected chi connectivity index (χ1v) is 7.92. The summed E-state index contributed by atoms with van der Waals surface area (Å²) in [4.78, 5) is 2.62. The third-order valence-electron chi connectivity index (χ3n) is 3.79. The number of likely N-dealkylation sites (tertiary alicyclic amines) is 1. The van der Waals surface area contributed by atoms with Gasteiger partial charge < -0.3 is 0 Å². The highest BCUT2D eigenvalue weighted by Crippen LogP contribution is 2.24. The number of aromatic nitrogens is 2. The van der Waals surface area contributed by atoms with Crippen LogP contribution in [0.2, 0.25) is 0 Å². The minimum atomic E-state index is 0.748. The van der Waals surface area contributed by atoms with Gasteiger partial charge in [-0.15, -0.1) is 0 Å². The molecule has 3 rings (SSSR count). The second kappa shape index (κ2) is 5.33. The van der Waals surface area contributed by atoms with E-state index in [1.807, 2.05) is 18.0 Å². The molecule has 0 saturated carbocycles. The van der Waals surface area contributed by atoms with Gasteiger partial charge in [0.15, 0.2) is 0 Å². The van der Waals surface area contributed by atoms with Gasteiger partial charge >= 0.3 is 0 Å².